The maximum absolute atomic E-state index is 6.14. The van der Waals surface area contributed by atoms with Gasteiger partial charge in [0, 0.05) is 60.9 Å². The van der Waals surface area contributed by atoms with Gasteiger partial charge in [0.1, 0.15) is 5.82 Å². The highest BCUT2D eigenvalue weighted by atomic mass is 35.5. The van der Waals surface area contributed by atoms with E-state index in [-0.39, 0.29) is 0 Å². The number of hydrogen-bond donors (Lipinski definition) is 2. The highest BCUT2D eigenvalue weighted by Gasteiger charge is 2.11. The minimum atomic E-state index is 0.564. The lowest BCUT2D eigenvalue weighted by Crippen LogP contribution is -2.15. The van der Waals surface area contributed by atoms with E-state index in [4.69, 9.17) is 17.3 Å². The van der Waals surface area contributed by atoms with Crippen molar-refractivity contribution in [3.63, 3.8) is 0 Å². The highest BCUT2D eigenvalue weighted by Crippen LogP contribution is 2.24. The van der Waals surface area contributed by atoms with Gasteiger partial charge < -0.3 is 15.6 Å². The van der Waals surface area contributed by atoms with Crippen LogP contribution in [0.25, 0.3) is 21.8 Å². The van der Waals surface area contributed by atoms with Crippen molar-refractivity contribution in [2.24, 2.45) is 0 Å². The lowest BCUT2D eigenvalue weighted by atomic mass is 10.1. The third-order valence-electron chi connectivity index (χ3n) is 6.02. The van der Waals surface area contributed by atoms with Crippen LogP contribution in [0.1, 0.15) is 27.9 Å². The van der Waals surface area contributed by atoms with E-state index in [0.717, 1.165) is 52.7 Å². The number of aromatic nitrogens is 4. The van der Waals surface area contributed by atoms with Gasteiger partial charge in [-0.2, -0.15) is 0 Å². The van der Waals surface area contributed by atoms with Crippen molar-refractivity contribution < 1.29 is 0 Å². The Labute approximate surface area is 197 Å². The highest BCUT2D eigenvalue weighted by molar-refractivity contribution is 6.31. The van der Waals surface area contributed by atoms with Crippen LogP contribution in [0, 0.1) is 13.8 Å². The first kappa shape index (κ1) is 21.4. The van der Waals surface area contributed by atoms with E-state index in [0.29, 0.717) is 10.8 Å². The number of hydrogen-bond acceptors (Lipinski definition) is 5. The summed E-state index contributed by atoms with van der Waals surface area (Å²) in [5.41, 5.74) is 13.7. The van der Waals surface area contributed by atoms with Gasteiger partial charge in [-0.1, -0.05) is 17.7 Å². The molecule has 0 radical (unpaired) electrons. The average molecular weight is 457 g/mol. The standard InChI is InChI=1S/C26H25ClN6/c1-16-7-26(28)32-17(2)22(16)12-30-10-20-15-33(25-5-6-29-13-23(20)25)14-18-3-4-24-19(8-18)9-21(27)11-31-24/h3-9,11,13,15,30H,10,12,14H2,1-2H3,(H2,28,32). The summed E-state index contributed by atoms with van der Waals surface area (Å²) in [4.78, 5) is 13.2. The molecule has 5 aromatic rings. The first-order valence-corrected chi connectivity index (χ1v) is 11.2. The Bertz CT molecular complexity index is 1450. The number of benzene rings is 1. The molecule has 0 saturated heterocycles. The van der Waals surface area contributed by atoms with E-state index in [9.17, 15) is 0 Å². The van der Waals surface area contributed by atoms with E-state index < -0.39 is 0 Å². The summed E-state index contributed by atoms with van der Waals surface area (Å²) in [5, 5.41) is 6.42. The first-order chi connectivity index (χ1) is 16.0. The van der Waals surface area contributed by atoms with Crippen molar-refractivity contribution in [1.29, 1.82) is 0 Å². The second kappa shape index (κ2) is 8.81. The molecule has 3 N–H and O–H groups in total. The number of rotatable bonds is 6. The number of nitrogens with one attached hydrogen (secondary N) is 1. The largest absolute Gasteiger partial charge is 0.384 e. The van der Waals surface area contributed by atoms with E-state index in [2.05, 4.69) is 56.2 Å². The molecule has 5 rings (SSSR count). The van der Waals surface area contributed by atoms with Crippen molar-refractivity contribution in [2.45, 2.75) is 33.5 Å². The Balaban J connectivity index is 1.39. The number of anilines is 1. The summed E-state index contributed by atoms with van der Waals surface area (Å²) < 4.78 is 2.27. The maximum atomic E-state index is 6.14. The molecule has 0 saturated carbocycles. The van der Waals surface area contributed by atoms with Gasteiger partial charge in [0.25, 0.3) is 0 Å². The molecule has 4 aromatic heterocycles. The molecule has 0 atom stereocenters. The van der Waals surface area contributed by atoms with Gasteiger partial charge in [-0.05, 0) is 66.4 Å². The van der Waals surface area contributed by atoms with Crippen LogP contribution in [0.4, 0.5) is 5.82 Å². The number of halogens is 1. The van der Waals surface area contributed by atoms with Gasteiger partial charge in [0.2, 0.25) is 0 Å². The van der Waals surface area contributed by atoms with Crippen LogP contribution in [0.5, 0.6) is 0 Å². The predicted molar refractivity (Wildman–Crippen MR) is 134 cm³/mol. The SMILES string of the molecule is Cc1cc(N)nc(C)c1CNCc1cn(Cc2ccc3ncc(Cl)cc3c2)c2ccncc12. The minimum Gasteiger partial charge on any atom is -0.384 e. The van der Waals surface area contributed by atoms with E-state index in [1.807, 2.05) is 37.5 Å². The van der Waals surface area contributed by atoms with Gasteiger partial charge >= 0.3 is 0 Å². The summed E-state index contributed by atoms with van der Waals surface area (Å²) >= 11 is 6.14. The van der Waals surface area contributed by atoms with Crippen LogP contribution < -0.4 is 11.1 Å². The molecule has 1 aromatic carbocycles. The fourth-order valence-electron chi connectivity index (χ4n) is 4.41. The van der Waals surface area contributed by atoms with Crippen molar-refractivity contribution >= 4 is 39.2 Å². The molecule has 0 aliphatic rings. The fourth-order valence-corrected chi connectivity index (χ4v) is 4.58. The zero-order valence-corrected chi connectivity index (χ0v) is 19.4. The molecule has 0 spiro atoms. The monoisotopic (exact) mass is 456 g/mol. The summed E-state index contributed by atoms with van der Waals surface area (Å²) in [5.74, 6) is 0.564. The molecule has 0 bridgehead atoms. The van der Waals surface area contributed by atoms with Crippen LogP contribution in [-0.4, -0.2) is 19.5 Å². The van der Waals surface area contributed by atoms with Gasteiger partial charge in [0.15, 0.2) is 0 Å². The smallest absolute Gasteiger partial charge is 0.123 e. The van der Waals surface area contributed by atoms with Crippen LogP contribution in [0.2, 0.25) is 5.02 Å². The lowest BCUT2D eigenvalue weighted by molar-refractivity contribution is 0.684. The molecule has 4 heterocycles. The maximum Gasteiger partial charge on any atom is 0.123 e. The minimum absolute atomic E-state index is 0.564. The Kier molecular flexibility index (Phi) is 5.70. The van der Waals surface area contributed by atoms with Gasteiger partial charge in [-0.25, -0.2) is 4.98 Å². The first-order valence-electron chi connectivity index (χ1n) is 10.9. The number of aryl methyl sites for hydroxylation is 2. The van der Waals surface area contributed by atoms with Gasteiger partial charge in [-0.15, -0.1) is 0 Å². The molecule has 0 amide bonds. The zero-order valence-electron chi connectivity index (χ0n) is 18.6. The number of nitrogen functional groups attached to an aromatic ring is 1. The molecular weight excluding hydrogens is 432 g/mol. The lowest BCUT2D eigenvalue weighted by Gasteiger charge is -2.11. The van der Waals surface area contributed by atoms with Crippen LogP contribution in [-0.2, 0) is 19.6 Å². The van der Waals surface area contributed by atoms with Gasteiger partial charge in [0.05, 0.1) is 16.1 Å². The quantitative estimate of drug-likeness (QED) is 0.368. The summed E-state index contributed by atoms with van der Waals surface area (Å²) in [6.45, 7) is 6.29. The third-order valence-corrected chi connectivity index (χ3v) is 6.23. The Morgan fingerprint density at radius 2 is 1.94 bits per heavy atom. The molecule has 6 nitrogen and oxygen atoms in total. The molecular formula is C26H25ClN6. The second-order valence-corrected chi connectivity index (χ2v) is 8.82. The van der Waals surface area contributed by atoms with Crippen molar-refractivity contribution in [3.05, 3.63) is 94.2 Å². The third kappa shape index (κ3) is 4.40. The Hall–Kier alpha value is -3.48. The normalized spacial score (nSPS) is 11.5. The summed E-state index contributed by atoms with van der Waals surface area (Å²) in [6, 6.07) is 12.3. The Morgan fingerprint density at radius 1 is 1.06 bits per heavy atom. The molecule has 0 unspecified atom stereocenters. The topological polar surface area (TPSA) is 81.6 Å². The Morgan fingerprint density at radius 3 is 2.79 bits per heavy atom. The molecule has 166 valence electrons. The van der Waals surface area contributed by atoms with Crippen LogP contribution in [0.3, 0.4) is 0 Å². The van der Waals surface area contributed by atoms with Crippen molar-refractivity contribution in [1.82, 2.24) is 24.8 Å². The molecule has 0 fully saturated rings. The number of nitrogens with zero attached hydrogens (tertiary/aromatic N) is 4. The summed E-state index contributed by atoms with van der Waals surface area (Å²) in [7, 11) is 0. The van der Waals surface area contributed by atoms with E-state index in [1.54, 1.807) is 6.20 Å². The van der Waals surface area contributed by atoms with Crippen molar-refractivity contribution in [3.8, 4) is 0 Å². The number of nitrogens with two attached hydrogens (primary N) is 1. The molecule has 33 heavy (non-hydrogen) atoms. The number of fused-ring (bicyclic) bond motifs is 2. The van der Waals surface area contributed by atoms with E-state index in [1.165, 1.54) is 16.7 Å². The van der Waals surface area contributed by atoms with Crippen LogP contribution in [0.15, 0.2) is 61.2 Å². The van der Waals surface area contributed by atoms with Gasteiger partial charge in [-0.3, -0.25) is 9.97 Å². The van der Waals surface area contributed by atoms with E-state index >= 15 is 0 Å². The average Bonchev–Trinajstić information content (AvgIpc) is 3.12. The van der Waals surface area contributed by atoms with Crippen molar-refractivity contribution in [2.75, 3.05) is 5.73 Å². The summed E-state index contributed by atoms with van der Waals surface area (Å²) in [6.07, 6.45) is 7.67. The second-order valence-electron chi connectivity index (χ2n) is 8.39. The predicted octanol–water partition coefficient (Wildman–Crippen LogP) is 5.17. The molecule has 0 aliphatic heterocycles. The molecule has 7 heteroatoms. The molecule has 0 aliphatic carbocycles. The zero-order chi connectivity index (χ0) is 22.9. The van der Waals surface area contributed by atoms with Crippen LogP contribution >= 0.6 is 11.6 Å². The fraction of sp³-hybridized carbons (Fsp3) is 0.192. The number of pyridine rings is 3.